The topological polar surface area (TPSA) is 62.7 Å². The van der Waals surface area contributed by atoms with Crippen LogP contribution in [-0.2, 0) is 16.0 Å². The molecule has 0 spiro atoms. The molecule has 0 amide bonds. The van der Waals surface area contributed by atoms with E-state index in [9.17, 15) is 9.90 Å². The quantitative estimate of drug-likeness (QED) is 0.625. The van der Waals surface area contributed by atoms with Gasteiger partial charge < -0.3 is 14.7 Å². The first-order chi connectivity index (χ1) is 13.4. The van der Waals surface area contributed by atoms with Gasteiger partial charge in [-0.2, -0.15) is 0 Å². The third-order valence-corrected chi connectivity index (χ3v) is 7.55. The summed E-state index contributed by atoms with van der Waals surface area (Å²) in [6, 6.07) is 5.94. The summed E-state index contributed by atoms with van der Waals surface area (Å²) in [5.41, 5.74) is 2.10. The van der Waals surface area contributed by atoms with Crippen LogP contribution in [0.2, 0.25) is 0 Å². The second-order valence-corrected chi connectivity index (χ2v) is 9.13. The minimum atomic E-state index is -0.534. The minimum absolute atomic E-state index is 0.118. The first kappa shape index (κ1) is 19.6. The fourth-order valence-electron chi connectivity index (χ4n) is 5.55. The maximum Gasteiger partial charge on any atom is 0.311 e. The van der Waals surface area contributed by atoms with Gasteiger partial charge in [-0.15, -0.1) is 0 Å². The lowest BCUT2D eigenvalue weighted by atomic mass is 9.55. The zero-order chi connectivity index (χ0) is 19.9. The molecule has 4 rings (SSSR count). The lowest BCUT2D eigenvalue weighted by molar-refractivity contribution is -0.145. The Morgan fingerprint density at radius 1 is 1.39 bits per heavy atom. The summed E-state index contributed by atoms with van der Waals surface area (Å²) in [4.78, 5) is 19.2. The van der Waals surface area contributed by atoms with Gasteiger partial charge in [0.2, 0.25) is 0 Å². The summed E-state index contributed by atoms with van der Waals surface area (Å²) >= 11 is 0. The largest absolute Gasteiger partial charge is 0.461 e. The summed E-state index contributed by atoms with van der Waals surface area (Å²) in [6.45, 7) is 5.87. The molecule has 2 heterocycles. The van der Waals surface area contributed by atoms with Crippen LogP contribution in [0.3, 0.4) is 0 Å². The number of rotatable bonds is 5. The second-order valence-electron chi connectivity index (χ2n) is 9.13. The predicted molar refractivity (Wildman–Crippen MR) is 108 cm³/mol. The number of likely N-dealkylation sites (N-methyl/N-ethyl adjacent to an activating group) is 1. The van der Waals surface area contributed by atoms with Crippen LogP contribution in [-0.4, -0.2) is 53.3 Å². The fourth-order valence-corrected chi connectivity index (χ4v) is 5.55. The molecule has 152 valence electrons. The number of esters is 1. The summed E-state index contributed by atoms with van der Waals surface area (Å²) in [5.74, 6) is -0.107. The molecule has 0 bridgehead atoms. The first-order valence-electron chi connectivity index (χ1n) is 10.6. The Hall–Kier alpha value is -1.72. The average molecular weight is 385 g/mol. The maximum absolute atomic E-state index is 12.7. The van der Waals surface area contributed by atoms with E-state index in [1.54, 1.807) is 0 Å². The van der Waals surface area contributed by atoms with E-state index in [4.69, 9.17) is 4.74 Å². The summed E-state index contributed by atoms with van der Waals surface area (Å²) in [6.07, 6.45) is 7.15. The molecule has 1 aromatic rings. The summed E-state index contributed by atoms with van der Waals surface area (Å²) < 4.78 is 5.76. The lowest BCUT2D eigenvalue weighted by Gasteiger charge is -2.51. The molecule has 2 aliphatic carbocycles. The molecule has 5 nitrogen and oxygen atoms in total. The third kappa shape index (κ3) is 3.29. The van der Waals surface area contributed by atoms with E-state index in [2.05, 4.69) is 29.8 Å². The van der Waals surface area contributed by atoms with E-state index in [0.29, 0.717) is 12.5 Å². The number of carbonyl (C=O) groups excluding carboxylic acids is 1. The van der Waals surface area contributed by atoms with Gasteiger partial charge in [-0.1, -0.05) is 31.6 Å². The van der Waals surface area contributed by atoms with E-state index < -0.39 is 6.10 Å². The normalized spacial score (nSPS) is 37.2. The first-order valence-corrected chi connectivity index (χ1v) is 10.6. The van der Waals surface area contributed by atoms with Crippen molar-refractivity contribution in [2.24, 2.45) is 23.2 Å². The minimum Gasteiger partial charge on any atom is -0.461 e. The number of pyridine rings is 1. The molecule has 1 N–H and O–H groups in total. The van der Waals surface area contributed by atoms with Crippen molar-refractivity contribution in [3.05, 3.63) is 41.7 Å². The molecular formula is C23H32N2O3. The van der Waals surface area contributed by atoms with Crippen LogP contribution in [0.4, 0.5) is 0 Å². The number of carbonyl (C=O) groups is 1. The van der Waals surface area contributed by atoms with Crippen molar-refractivity contribution in [3.8, 4) is 0 Å². The number of allylic oxidation sites excluding steroid dienone is 1. The van der Waals surface area contributed by atoms with E-state index in [1.807, 2.05) is 31.4 Å². The number of aliphatic hydroxyl groups excluding tert-OH is 1. The number of hydrogen-bond acceptors (Lipinski definition) is 5. The molecule has 5 heteroatoms. The average Bonchev–Trinajstić information content (AvgIpc) is 2.99. The van der Waals surface area contributed by atoms with Crippen molar-refractivity contribution >= 4 is 5.97 Å². The highest BCUT2D eigenvalue weighted by Gasteiger charge is 2.59. The van der Waals surface area contributed by atoms with Crippen LogP contribution in [0.25, 0.3) is 0 Å². The van der Waals surface area contributed by atoms with Gasteiger partial charge >= 0.3 is 5.97 Å². The van der Waals surface area contributed by atoms with Gasteiger partial charge in [0, 0.05) is 49.2 Å². The molecule has 3 aliphatic rings. The number of nitrogens with zero attached hydrogens (tertiary/aromatic N) is 2. The molecule has 2 fully saturated rings. The van der Waals surface area contributed by atoms with Crippen molar-refractivity contribution in [3.63, 3.8) is 0 Å². The van der Waals surface area contributed by atoms with Gasteiger partial charge in [-0.3, -0.25) is 9.78 Å². The summed E-state index contributed by atoms with van der Waals surface area (Å²) in [7, 11) is 2.04. The molecule has 1 saturated carbocycles. The highest BCUT2D eigenvalue weighted by Crippen LogP contribution is 2.56. The molecule has 1 saturated heterocycles. The Balaban J connectivity index is 1.47. The smallest absolute Gasteiger partial charge is 0.311 e. The monoisotopic (exact) mass is 384 g/mol. The van der Waals surface area contributed by atoms with Gasteiger partial charge in [0.25, 0.3) is 0 Å². The van der Waals surface area contributed by atoms with Crippen LogP contribution in [0.15, 0.2) is 36.0 Å². The number of ether oxygens (including phenoxy) is 1. The molecule has 6 atom stereocenters. The highest BCUT2D eigenvalue weighted by atomic mass is 16.6. The number of aromatic nitrogens is 1. The standard InChI is InChI=1S/C23H32N2O3/c1-15-7-6-8-16-13-19-20(21(26)23(15,16)2)18(22(27)28-19)14-25(3)12-10-17-9-4-5-11-24-17/h4-5,8-9,11,15,18-21,26H,6-7,10,12-14H2,1-3H3. The van der Waals surface area contributed by atoms with E-state index in [-0.39, 0.29) is 29.3 Å². The predicted octanol–water partition coefficient (Wildman–Crippen LogP) is 2.84. The van der Waals surface area contributed by atoms with Gasteiger partial charge in [0.1, 0.15) is 6.10 Å². The summed E-state index contributed by atoms with van der Waals surface area (Å²) in [5, 5.41) is 11.4. The fraction of sp³-hybridized carbons (Fsp3) is 0.652. The van der Waals surface area contributed by atoms with E-state index >= 15 is 0 Å². The Morgan fingerprint density at radius 2 is 2.21 bits per heavy atom. The Kier molecular flexibility index (Phi) is 5.32. The molecule has 1 aliphatic heterocycles. The van der Waals surface area contributed by atoms with Gasteiger partial charge in [0.05, 0.1) is 12.0 Å². The molecule has 6 unspecified atom stereocenters. The Bertz CT molecular complexity index is 749. The van der Waals surface area contributed by atoms with Crippen LogP contribution in [0.5, 0.6) is 0 Å². The van der Waals surface area contributed by atoms with Gasteiger partial charge in [-0.05, 0) is 37.9 Å². The van der Waals surface area contributed by atoms with Crippen LogP contribution < -0.4 is 0 Å². The van der Waals surface area contributed by atoms with Crippen molar-refractivity contribution in [1.82, 2.24) is 9.88 Å². The third-order valence-electron chi connectivity index (χ3n) is 7.55. The molecule has 1 aromatic heterocycles. The zero-order valence-electron chi connectivity index (χ0n) is 17.2. The maximum atomic E-state index is 12.7. The molecule has 0 aromatic carbocycles. The number of fused-ring (bicyclic) bond motifs is 2. The molecular weight excluding hydrogens is 352 g/mol. The second kappa shape index (κ2) is 7.60. The van der Waals surface area contributed by atoms with Crippen molar-refractivity contribution < 1.29 is 14.6 Å². The number of hydrogen-bond donors (Lipinski definition) is 1. The van der Waals surface area contributed by atoms with Crippen molar-refractivity contribution in [2.45, 2.75) is 51.7 Å². The van der Waals surface area contributed by atoms with Crippen LogP contribution in [0, 0.1) is 23.2 Å². The Labute approximate surface area is 167 Å². The highest BCUT2D eigenvalue weighted by molar-refractivity contribution is 5.76. The number of aliphatic hydroxyl groups is 1. The Morgan fingerprint density at radius 3 is 2.96 bits per heavy atom. The van der Waals surface area contributed by atoms with Gasteiger partial charge in [-0.25, -0.2) is 0 Å². The van der Waals surface area contributed by atoms with Crippen LogP contribution in [0.1, 0.15) is 38.8 Å². The van der Waals surface area contributed by atoms with Crippen LogP contribution >= 0.6 is 0 Å². The van der Waals surface area contributed by atoms with Gasteiger partial charge in [0.15, 0.2) is 0 Å². The molecule has 0 radical (unpaired) electrons. The van der Waals surface area contributed by atoms with E-state index in [0.717, 1.165) is 37.9 Å². The SMILES string of the molecule is CC1CCC=C2CC3OC(=O)C(CN(C)CCc4ccccn4)C3C(O)C21C. The van der Waals surface area contributed by atoms with E-state index in [1.165, 1.54) is 5.57 Å². The van der Waals surface area contributed by atoms with Crippen molar-refractivity contribution in [1.29, 1.82) is 0 Å². The van der Waals surface area contributed by atoms with Crippen molar-refractivity contribution in [2.75, 3.05) is 20.1 Å². The zero-order valence-corrected chi connectivity index (χ0v) is 17.2. The molecule has 28 heavy (non-hydrogen) atoms. The lowest BCUT2D eigenvalue weighted by Crippen LogP contribution is -2.54.